The summed E-state index contributed by atoms with van der Waals surface area (Å²) in [5.41, 5.74) is 3.53. The fraction of sp³-hybridized carbons (Fsp3) is 0.0435. The van der Waals surface area contributed by atoms with E-state index in [0.29, 0.717) is 27.9 Å². The lowest BCUT2D eigenvalue weighted by atomic mass is 10.1. The summed E-state index contributed by atoms with van der Waals surface area (Å²) in [6, 6.07) is 18.6. The summed E-state index contributed by atoms with van der Waals surface area (Å²) < 4.78 is 23.7. The van der Waals surface area contributed by atoms with E-state index in [1.807, 2.05) is 29.6 Å². The van der Waals surface area contributed by atoms with E-state index in [-0.39, 0.29) is 18.5 Å². The smallest absolute Gasteiger partial charge is 0.255 e. The first kappa shape index (κ1) is 19.1. The van der Waals surface area contributed by atoms with E-state index in [1.165, 1.54) is 23.5 Å². The number of rotatable bonds is 5. The number of carbonyl (C=O) groups excluding carboxylic acids is 1. The zero-order chi connectivity index (χ0) is 21.2. The molecule has 0 bridgehead atoms. The third-order valence-corrected chi connectivity index (χ3v) is 5.41. The molecule has 6 nitrogen and oxygen atoms in total. The minimum atomic E-state index is -0.287. The summed E-state index contributed by atoms with van der Waals surface area (Å²) in [4.78, 5) is 17.2. The van der Waals surface area contributed by atoms with Crippen LogP contribution in [0.2, 0.25) is 0 Å². The molecule has 1 amide bonds. The van der Waals surface area contributed by atoms with Crippen molar-refractivity contribution in [3.05, 3.63) is 83.5 Å². The van der Waals surface area contributed by atoms with Gasteiger partial charge in [-0.2, -0.15) is 0 Å². The molecule has 3 aromatic carbocycles. The molecule has 0 spiro atoms. The number of amides is 1. The normalized spacial score (nSPS) is 11.9. The maximum atomic E-state index is 13.1. The van der Waals surface area contributed by atoms with Crippen LogP contribution in [0.15, 0.2) is 72.1 Å². The quantitative estimate of drug-likeness (QED) is 0.424. The van der Waals surface area contributed by atoms with Gasteiger partial charge in [0.2, 0.25) is 6.79 Å². The van der Waals surface area contributed by atoms with Crippen LogP contribution in [0.25, 0.3) is 11.3 Å². The number of aromatic nitrogens is 1. The molecule has 2 heterocycles. The fourth-order valence-electron chi connectivity index (χ4n) is 3.12. The fourth-order valence-corrected chi connectivity index (χ4v) is 3.86. The number of nitrogens with zero attached hydrogens (tertiary/aromatic N) is 1. The van der Waals surface area contributed by atoms with Crippen LogP contribution in [-0.4, -0.2) is 17.7 Å². The monoisotopic (exact) mass is 433 g/mol. The molecule has 5 rings (SSSR count). The minimum Gasteiger partial charge on any atom is -0.454 e. The number of nitrogens with one attached hydrogen (secondary N) is 2. The lowest BCUT2D eigenvalue weighted by Crippen LogP contribution is -2.11. The first-order valence-electron chi connectivity index (χ1n) is 9.44. The van der Waals surface area contributed by atoms with Gasteiger partial charge in [-0.15, -0.1) is 11.3 Å². The van der Waals surface area contributed by atoms with Gasteiger partial charge in [0, 0.05) is 27.9 Å². The molecule has 0 fully saturated rings. The SMILES string of the molecule is O=C(Nc1cccc(-c2csc(Nc3ccc(F)cc3)n2)c1)c1ccc2c(c1)OCO2. The highest BCUT2D eigenvalue weighted by molar-refractivity contribution is 7.14. The highest BCUT2D eigenvalue weighted by atomic mass is 32.1. The van der Waals surface area contributed by atoms with Crippen LogP contribution in [-0.2, 0) is 0 Å². The maximum Gasteiger partial charge on any atom is 0.255 e. The van der Waals surface area contributed by atoms with Crippen molar-refractivity contribution >= 4 is 33.8 Å². The number of benzene rings is 3. The lowest BCUT2D eigenvalue weighted by molar-refractivity contribution is 0.102. The molecule has 0 saturated heterocycles. The average Bonchev–Trinajstić information content (AvgIpc) is 3.44. The molecule has 0 aliphatic carbocycles. The largest absolute Gasteiger partial charge is 0.454 e. The molecule has 0 radical (unpaired) electrons. The molecule has 1 aliphatic rings. The van der Waals surface area contributed by atoms with Crippen molar-refractivity contribution in [3.63, 3.8) is 0 Å². The molecule has 1 aromatic heterocycles. The van der Waals surface area contributed by atoms with Crippen molar-refractivity contribution in [2.24, 2.45) is 0 Å². The standard InChI is InChI=1S/C23H16FN3O3S/c24-16-5-7-17(8-6-16)26-23-27-19(12-31-23)14-2-1-3-18(10-14)25-22(28)15-4-9-20-21(11-15)30-13-29-20/h1-12H,13H2,(H,25,28)(H,26,27). The van der Waals surface area contributed by atoms with Crippen molar-refractivity contribution in [2.45, 2.75) is 0 Å². The Morgan fingerprint density at radius 3 is 2.68 bits per heavy atom. The van der Waals surface area contributed by atoms with Gasteiger partial charge in [-0.3, -0.25) is 4.79 Å². The first-order valence-corrected chi connectivity index (χ1v) is 10.3. The van der Waals surface area contributed by atoms with Crippen molar-refractivity contribution in [1.82, 2.24) is 4.98 Å². The van der Waals surface area contributed by atoms with Gasteiger partial charge in [-0.25, -0.2) is 9.37 Å². The Balaban J connectivity index is 1.30. The zero-order valence-corrected chi connectivity index (χ0v) is 16.9. The van der Waals surface area contributed by atoms with Crippen molar-refractivity contribution in [2.75, 3.05) is 17.4 Å². The molecular weight excluding hydrogens is 417 g/mol. The molecule has 8 heteroatoms. The van der Waals surface area contributed by atoms with Crippen LogP contribution in [0.5, 0.6) is 11.5 Å². The first-order chi connectivity index (χ1) is 15.1. The Morgan fingerprint density at radius 1 is 0.968 bits per heavy atom. The summed E-state index contributed by atoms with van der Waals surface area (Å²) in [6.45, 7) is 0.161. The van der Waals surface area contributed by atoms with E-state index in [4.69, 9.17) is 9.47 Å². The molecule has 0 atom stereocenters. The third-order valence-electron chi connectivity index (χ3n) is 4.65. The third kappa shape index (κ3) is 4.19. The molecule has 1 aliphatic heterocycles. The molecule has 4 aromatic rings. The molecule has 2 N–H and O–H groups in total. The Hall–Kier alpha value is -3.91. The summed E-state index contributed by atoms with van der Waals surface area (Å²) in [5.74, 6) is 0.662. The maximum absolute atomic E-state index is 13.1. The number of hydrogen-bond donors (Lipinski definition) is 2. The lowest BCUT2D eigenvalue weighted by Gasteiger charge is -2.07. The predicted molar refractivity (Wildman–Crippen MR) is 118 cm³/mol. The van der Waals surface area contributed by atoms with Gasteiger partial charge in [0.15, 0.2) is 16.6 Å². The zero-order valence-electron chi connectivity index (χ0n) is 16.1. The van der Waals surface area contributed by atoms with Gasteiger partial charge >= 0.3 is 0 Å². The molecule has 0 saturated carbocycles. The second-order valence-electron chi connectivity index (χ2n) is 6.77. The molecular formula is C23H16FN3O3S. The Morgan fingerprint density at radius 2 is 1.81 bits per heavy atom. The Bertz CT molecular complexity index is 1260. The number of thiazole rings is 1. The topological polar surface area (TPSA) is 72.5 Å². The number of halogens is 1. The molecule has 31 heavy (non-hydrogen) atoms. The van der Waals surface area contributed by atoms with Gasteiger partial charge in [0.05, 0.1) is 5.69 Å². The summed E-state index contributed by atoms with van der Waals surface area (Å²) in [7, 11) is 0. The van der Waals surface area contributed by atoms with E-state index in [9.17, 15) is 9.18 Å². The summed E-state index contributed by atoms with van der Waals surface area (Å²) in [5, 5.41) is 8.67. The van der Waals surface area contributed by atoms with Gasteiger partial charge < -0.3 is 20.1 Å². The highest BCUT2D eigenvalue weighted by Crippen LogP contribution is 2.33. The van der Waals surface area contributed by atoms with Gasteiger partial charge in [0.25, 0.3) is 5.91 Å². The van der Waals surface area contributed by atoms with Gasteiger partial charge in [-0.05, 0) is 54.6 Å². The Labute approximate surface area is 181 Å². The molecule has 154 valence electrons. The van der Waals surface area contributed by atoms with Crippen LogP contribution in [0.3, 0.4) is 0 Å². The predicted octanol–water partition coefficient (Wildman–Crippen LogP) is 5.67. The van der Waals surface area contributed by atoms with Crippen LogP contribution >= 0.6 is 11.3 Å². The van der Waals surface area contributed by atoms with E-state index in [2.05, 4.69) is 15.6 Å². The number of carbonyl (C=O) groups is 1. The van der Waals surface area contributed by atoms with Crippen molar-refractivity contribution in [3.8, 4) is 22.8 Å². The summed E-state index contributed by atoms with van der Waals surface area (Å²) in [6.07, 6.45) is 0. The summed E-state index contributed by atoms with van der Waals surface area (Å²) >= 11 is 1.44. The number of hydrogen-bond acceptors (Lipinski definition) is 6. The number of ether oxygens (including phenoxy) is 2. The minimum absolute atomic E-state index is 0.161. The second kappa shape index (κ2) is 8.08. The van der Waals surface area contributed by atoms with Crippen LogP contribution in [0.4, 0.5) is 20.9 Å². The van der Waals surface area contributed by atoms with E-state index in [1.54, 1.807) is 30.3 Å². The van der Waals surface area contributed by atoms with Crippen LogP contribution in [0.1, 0.15) is 10.4 Å². The molecule has 0 unspecified atom stereocenters. The van der Waals surface area contributed by atoms with Gasteiger partial charge in [0.1, 0.15) is 5.82 Å². The Kier molecular flexibility index (Phi) is 4.97. The number of fused-ring (bicyclic) bond motifs is 1. The van der Waals surface area contributed by atoms with Crippen molar-refractivity contribution < 1.29 is 18.7 Å². The highest BCUT2D eigenvalue weighted by Gasteiger charge is 2.16. The van der Waals surface area contributed by atoms with Gasteiger partial charge in [-0.1, -0.05) is 12.1 Å². The van der Waals surface area contributed by atoms with Crippen LogP contribution in [0, 0.1) is 5.82 Å². The van der Waals surface area contributed by atoms with E-state index < -0.39 is 0 Å². The second-order valence-corrected chi connectivity index (χ2v) is 7.63. The van der Waals surface area contributed by atoms with Crippen molar-refractivity contribution in [1.29, 1.82) is 0 Å². The van der Waals surface area contributed by atoms with Crippen LogP contribution < -0.4 is 20.1 Å². The van der Waals surface area contributed by atoms with E-state index in [0.717, 1.165) is 16.9 Å². The average molecular weight is 433 g/mol. The number of anilines is 3. The van der Waals surface area contributed by atoms with E-state index >= 15 is 0 Å².